The molecule has 0 aliphatic carbocycles. The van der Waals surface area contributed by atoms with E-state index in [0.29, 0.717) is 0 Å². The first kappa shape index (κ1) is 27.4. The van der Waals surface area contributed by atoms with E-state index in [-0.39, 0.29) is 27.1 Å². The maximum atomic E-state index is 5.18. The molecule has 0 N–H and O–H groups in total. The standard InChI is InChI=1S/C25H29N7S2.Au/c1-30(2)23-11-7-21(8-12-23)28-26-19-3-5-20(6-4-19)27-29-22-9-13-24(14-10-22)31-15-17-32(18-16-31)25(33)34;/h3-14,25,33-34H,15-18H2,1-2H3;/p-2. The van der Waals surface area contributed by atoms with Crippen molar-refractivity contribution in [3.8, 4) is 0 Å². The summed E-state index contributed by atoms with van der Waals surface area (Å²) < 4.78 is -0.220. The van der Waals surface area contributed by atoms with Crippen LogP contribution in [-0.4, -0.2) is 49.9 Å². The third-order valence-electron chi connectivity index (χ3n) is 5.60. The first-order valence-corrected chi connectivity index (χ1v) is 12.0. The van der Waals surface area contributed by atoms with Gasteiger partial charge in [0.25, 0.3) is 0 Å². The number of nitrogens with zero attached hydrogens (tertiary/aromatic N) is 7. The summed E-state index contributed by atoms with van der Waals surface area (Å²) in [6, 6.07) is 23.6. The fourth-order valence-electron chi connectivity index (χ4n) is 3.56. The molecule has 1 aliphatic heterocycles. The molecule has 0 saturated carbocycles. The van der Waals surface area contributed by atoms with Gasteiger partial charge in [0.15, 0.2) is 0 Å². The molecule has 0 unspecified atom stereocenters. The fraction of sp³-hybridized carbons (Fsp3) is 0.280. The van der Waals surface area contributed by atoms with Crippen molar-refractivity contribution in [3.05, 3.63) is 72.8 Å². The van der Waals surface area contributed by atoms with Crippen molar-refractivity contribution in [2.75, 3.05) is 50.1 Å². The Balaban J connectivity index is 0.00000342. The van der Waals surface area contributed by atoms with E-state index in [1.165, 1.54) is 5.69 Å². The minimum atomic E-state index is -0.220. The Labute approximate surface area is 233 Å². The number of benzene rings is 3. The van der Waals surface area contributed by atoms with Crippen molar-refractivity contribution >= 4 is 59.4 Å². The van der Waals surface area contributed by atoms with Crippen LogP contribution in [0.15, 0.2) is 93.3 Å². The smallest absolute Gasteiger partial charge is 0.0858 e. The van der Waals surface area contributed by atoms with Gasteiger partial charge in [-0.25, -0.2) is 4.71 Å². The van der Waals surface area contributed by atoms with Gasteiger partial charge in [-0.2, -0.15) is 20.5 Å². The van der Waals surface area contributed by atoms with Gasteiger partial charge in [0, 0.05) is 74.0 Å². The Hall–Kier alpha value is -2.14. The maximum absolute atomic E-state index is 5.18. The van der Waals surface area contributed by atoms with Crippen molar-refractivity contribution in [1.82, 2.24) is 4.90 Å². The van der Waals surface area contributed by atoms with Gasteiger partial charge in [-0.3, -0.25) is 0 Å². The Bertz CT molecular complexity index is 1110. The van der Waals surface area contributed by atoms with Crippen LogP contribution in [0, 0.1) is 0 Å². The third kappa shape index (κ3) is 7.93. The molecule has 1 saturated heterocycles. The van der Waals surface area contributed by atoms with Crippen molar-refractivity contribution in [2.24, 2.45) is 20.5 Å². The fourth-order valence-corrected chi connectivity index (χ4v) is 3.98. The molecule has 0 aromatic heterocycles. The molecule has 1 radical (unpaired) electrons. The van der Waals surface area contributed by atoms with E-state index in [1.54, 1.807) is 0 Å². The number of piperazine rings is 1. The van der Waals surface area contributed by atoms with Crippen LogP contribution >= 0.6 is 0 Å². The normalized spacial score (nSPS) is 14.6. The largest absolute Gasteiger partial charge is 0.800 e. The third-order valence-corrected chi connectivity index (χ3v) is 6.20. The van der Waals surface area contributed by atoms with Crippen LogP contribution in [0.25, 0.3) is 0 Å². The first-order chi connectivity index (χ1) is 16.5. The van der Waals surface area contributed by atoms with Crippen LogP contribution < -0.4 is 9.80 Å². The minimum Gasteiger partial charge on any atom is -0.800 e. The van der Waals surface area contributed by atoms with Crippen LogP contribution in [0.2, 0.25) is 0 Å². The summed E-state index contributed by atoms with van der Waals surface area (Å²) in [4.78, 5) is 6.54. The van der Waals surface area contributed by atoms with E-state index in [2.05, 4.69) is 42.4 Å². The summed E-state index contributed by atoms with van der Waals surface area (Å²) in [7, 11) is 4.02. The number of rotatable bonds is 7. The van der Waals surface area contributed by atoms with E-state index >= 15 is 0 Å². The van der Waals surface area contributed by atoms with Crippen LogP contribution in [0.5, 0.6) is 0 Å². The van der Waals surface area contributed by atoms with Gasteiger partial charge >= 0.3 is 0 Å². The molecule has 7 nitrogen and oxygen atoms in total. The molecule has 0 bridgehead atoms. The van der Waals surface area contributed by atoms with Crippen LogP contribution in [0.4, 0.5) is 34.1 Å². The van der Waals surface area contributed by atoms with E-state index in [1.807, 2.05) is 79.7 Å². The van der Waals surface area contributed by atoms with Gasteiger partial charge in [-0.15, -0.1) is 0 Å². The molecule has 0 atom stereocenters. The molecule has 1 fully saturated rings. The molecule has 4 rings (SSSR count). The number of hydrogen-bond acceptors (Lipinski definition) is 9. The summed E-state index contributed by atoms with van der Waals surface area (Å²) in [5, 5.41) is 17.3. The van der Waals surface area contributed by atoms with Gasteiger partial charge < -0.3 is 40.0 Å². The summed E-state index contributed by atoms with van der Waals surface area (Å²) >= 11 is 10.4. The molecule has 187 valence electrons. The van der Waals surface area contributed by atoms with Gasteiger partial charge in [-0.05, 0) is 72.8 Å². The van der Waals surface area contributed by atoms with Gasteiger partial charge in [0.1, 0.15) is 0 Å². The minimum absolute atomic E-state index is 0. The molecule has 10 heteroatoms. The zero-order chi connectivity index (χ0) is 23.9. The zero-order valence-electron chi connectivity index (χ0n) is 19.6. The Morgan fingerprint density at radius 1 is 0.629 bits per heavy atom. The Morgan fingerprint density at radius 3 is 1.37 bits per heavy atom. The number of hydrogen-bond donors (Lipinski definition) is 0. The van der Waals surface area contributed by atoms with E-state index in [4.69, 9.17) is 25.3 Å². The molecular weight excluding hydrogens is 659 g/mol. The average molecular weight is 687 g/mol. The second kappa shape index (κ2) is 13.2. The van der Waals surface area contributed by atoms with Crippen LogP contribution in [-0.2, 0) is 47.6 Å². The van der Waals surface area contributed by atoms with Crippen LogP contribution in [0.1, 0.15) is 0 Å². The SMILES string of the molecule is CN(C)c1ccc(N=Nc2ccc(N=Nc3ccc(N4CCN(C([S-])[S-])CC4)cc3)cc2)cc1.[Au]. The molecule has 3 aromatic rings. The molecule has 0 amide bonds. The predicted octanol–water partition coefficient (Wildman–Crippen LogP) is 6.08. The van der Waals surface area contributed by atoms with E-state index in [9.17, 15) is 0 Å². The summed E-state index contributed by atoms with van der Waals surface area (Å²) in [6.07, 6.45) is 0. The molecule has 1 aliphatic rings. The molecule has 35 heavy (non-hydrogen) atoms. The predicted molar refractivity (Wildman–Crippen MR) is 144 cm³/mol. The van der Waals surface area contributed by atoms with Gasteiger partial charge in [-0.1, -0.05) is 0 Å². The topological polar surface area (TPSA) is 59.2 Å². The number of anilines is 2. The summed E-state index contributed by atoms with van der Waals surface area (Å²) in [6.45, 7) is 3.65. The van der Waals surface area contributed by atoms with E-state index in [0.717, 1.165) is 54.6 Å². The first-order valence-electron chi connectivity index (χ1n) is 11.1. The maximum Gasteiger partial charge on any atom is 0.0858 e. The monoisotopic (exact) mass is 686 g/mol. The van der Waals surface area contributed by atoms with Crippen molar-refractivity contribution < 1.29 is 22.4 Å². The molecular formula is C25H27AuN7S2-2. The van der Waals surface area contributed by atoms with Crippen molar-refractivity contribution in [1.29, 1.82) is 0 Å². The van der Waals surface area contributed by atoms with Crippen molar-refractivity contribution in [2.45, 2.75) is 4.71 Å². The molecule has 3 aromatic carbocycles. The Morgan fingerprint density at radius 2 is 1.00 bits per heavy atom. The summed E-state index contributed by atoms with van der Waals surface area (Å²) in [5.74, 6) is 0. The van der Waals surface area contributed by atoms with Crippen LogP contribution in [0.3, 0.4) is 0 Å². The number of azo groups is 2. The average Bonchev–Trinajstić information content (AvgIpc) is 2.87. The second-order valence-corrected chi connectivity index (χ2v) is 9.37. The van der Waals surface area contributed by atoms with Crippen molar-refractivity contribution in [3.63, 3.8) is 0 Å². The summed E-state index contributed by atoms with van der Waals surface area (Å²) in [5.41, 5.74) is 5.44. The zero-order valence-corrected chi connectivity index (χ0v) is 23.4. The second-order valence-electron chi connectivity index (χ2n) is 8.17. The van der Waals surface area contributed by atoms with Gasteiger partial charge in [0.05, 0.1) is 22.7 Å². The van der Waals surface area contributed by atoms with Gasteiger partial charge in [0.2, 0.25) is 0 Å². The molecule has 1 heterocycles. The molecule has 0 spiro atoms. The van der Waals surface area contributed by atoms with E-state index < -0.39 is 0 Å². The quantitative estimate of drug-likeness (QED) is 0.172. The Kier molecular flexibility index (Phi) is 10.4.